The minimum Gasteiger partial charge on any atom is -0.423 e. The molecular formula is C16H16O2. The highest BCUT2D eigenvalue weighted by molar-refractivity contribution is 5.68. The van der Waals surface area contributed by atoms with Gasteiger partial charge < -0.3 is 4.42 Å². The van der Waals surface area contributed by atoms with Gasteiger partial charge in [0.25, 0.3) is 0 Å². The fourth-order valence-corrected chi connectivity index (χ4v) is 1.76. The Hall–Kier alpha value is -2.09. The van der Waals surface area contributed by atoms with E-state index < -0.39 is 0 Å². The first-order chi connectivity index (χ1) is 8.54. The Bertz CT molecular complexity index is 648. The van der Waals surface area contributed by atoms with Crippen LogP contribution in [0.25, 0.3) is 12.2 Å². The molecule has 0 aliphatic heterocycles. The molecule has 1 aromatic carbocycles. The van der Waals surface area contributed by atoms with Gasteiger partial charge in [-0.15, -0.1) is 0 Å². The van der Waals surface area contributed by atoms with Crippen molar-refractivity contribution in [1.29, 1.82) is 0 Å². The molecule has 2 nitrogen and oxygen atoms in total. The van der Waals surface area contributed by atoms with Crippen molar-refractivity contribution in [3.63, 3.8) is 0 Å². The zero-order chi connectivity index (χ0) is 13.1. The van der Waals surface area contributed by atoms with Gasteiger partial charge >= 0.3 is 5.63 Å². The third-order valence-corrected chi connectivity index (χ3v) is 2.90. The van der Waals surface area contributed by atoms with Crippen LogP contribution in [0.4, 0.5) is 0 Å². The van der Waals surface area contributed by atoms with E-state index in [0.29, 0.717) is 5.76 Å². The van der Waals surface area contributed by atoms with Gasteiger partial charge in [0.15, 0.2) is 0 Å². The molecule has 1 heterocycles. The van der Waals surface area contributed by atoms with Crippen LogP contribution >= 0.6 is 0 Å². The van der Waals surface area contributed by atoms with Gasteiger partial charge in [-0.05, 0) is 55.2 Å². The molecule has 0 aliphatic carbocycles. The fraction of sp³-hybridized carbons (Fsp3) is 0.188. The molecule has 0 atom stereocenters. The van der Waals surface area contributed by atoms with Crippen LogP contribution in [-0.4, -0.2) is 0 Å². The van der Waals surface area contributed by atoms with Gasteiger partial charge in [-0.2, -0.15) is 0 Å². The zero-order valence-electron chi connectivity index (χ0n) is 10.9. The van der Waals surface area contributed by atoms with Crippen molar-refractivity contribution in [2.45, 2.75) is 20.8 Å². The standard InChI is InChI=1S/C16H16O2/c1-11-8-15(18-16(17)9-11)7-6-14-5-4-12(2)13(3)10-14/h4-10H,1-3H3/b7-6+. The first kappa shape index (κ1) is 12.4. The summed E-state index contributed by atoms with van der Waals surface area (Å²) in [5.41, 5.74) is 4.22. The third-order valence-electron chi connectivity index (χ3n) is 2.90. The summed E-state index contributed by atoms with van der Waals surface area (Å²) in [6, 6.07) is 9.57. The molecule has 2 heteroatoms. The van der Waals surface area contributed by atoms with E-state index in [9.17, 15) is 4.79 Å². The van der Waals surface area contributed by atoms with E-state index in [1.807, 2.05) is 31.2 Å². The summed E-state index contributed by atoms with van der Waals surface area (Å²) >= 11 is 0. The summed E-state index contributed by atoms with van der Waals surface area (Å²) in [5.74, 6) is 0.582. The molecule has 0 spiro atoms. The van der Waals surface area contributed by atoms with Gasteiger partial charge in [0.05, 0.1) is 0 Å². The molecular weight excluding hydrogens is 224 g/mol. The van der Waals surface area contributed by atoms with Crippen molar-refractivity contribution in [2.75, 3.05) is 0 Å². The normalized spacial score (nSPS) is 11.1. The van der Waals surface area contributed by atoms with Crippen LogP contribution in [0.15, 0.2) is 39.5 Å². The monoisotopic (exact) mass is 240 g/mol. The highest BCUT2D eigenvalue weighted by atomic mass is 16.4. The van der Waals surface area contributed by atoms with Crippen molar-refractivity contribution in [1.82, 2.24) is 0 Å². The molecule has 0 bridgehead atoms. The highest BCUT2D eigenvalue weighted by Crippen LogP contribution is 2.13. The summed E-state index contributed by atoms with van der Waals surface area (Å²) < 4.78 is 5.09. The molecule has 0 radical (unpaired) electrons. The molecule has 2 aromatic rings. The summed E-state index contributed by atoms with van der Waals surface area (Å²) in [4.78, 5) is 11.2. The Morgan fingerprint density at radius 3 is 2.39 bits per heavy atom. The molecule has 0 saturated carbocycles. The van der Waals surface area contributed by atoms with Crippen molar-refractivity contribution < 1.29 is 4.42 Å². The van der Waals surface area contributed by atoms with E-state index in [2.05, 4.69) is 26.0 Å². The predicted molar refractivity (Wildman–Crippen MR) is 74.6 cm³/mol. The van der Waals surface area contributed by atoms with Crippen LogP contribution in [-0.2, 0) is 0 Å². The van der Waals surface area contributed by atoms with Crippen LogP contribution in [0.2, 0.25) is 0 Å². The molecule has 1 aromatic heterocycles. The van der Waals surface area contributed by atoms with Gasteiger partial charge in [0, 0.05) is 6.07 Å². The van der Waals surface area contributed by atoms with Crippen molar-refractivity contribution in [3.05, 3.63) is 68.8 Å². The Labute approximate surface area is 107 Å². The quantitative estimate of drug-likeness (QED) is 0.800. The zero-order valence-corrected chi connectivity index (χ0v) is 10.9. The number of hydrogen-bond donors (Lipinski definition) is 0. The van der Waals surface area contributed by atoms with Crippen molar-refractivity contribution in [3.8, 4) is 0 Å². The maximum absolute atomic E-state index is 11.2. The lowest BCUT2D eigenvalue weighted by atomic mass is 10.1. The maximum atomic E-state index is 11.2. The second-order valence-corrected chi connectivity index (χ2v) is 4.53. The first-order valence-corrected chi connectivity index (χ1v) is 5.92. The van der Waals surface area contributed by atoms with Crippen LogP contribution in [0.1, 0.15) is 28.0 Å². The van der Waals surface area contributed by atoms with Gasteiger partial charge in [-0.25, -0.2) is 4.79 Å². The summed E-state index contributed by atoms with van der Waals surface area (Å²) in [6.07, 6.45) is 3.77. The highest BCUT2D eigenvalue weighted by Gasteiger charge is 1.96. The SMILES string of the molecule is Cc1cc(/C=C/c2ccc(C)c(C)c2)oc(=O)c1. The molecule has 0 fully saturated rings. The minimum atomic E-state index is -0.310. The number of benzene rings is 1. The van der Waals surface area contributed by atoms with E-state index >= 15 is 0 Å². The van der Waals surface area contributed by atoms with E-state index in [-0.39, 0.29) is 5.63 Å². The Balaban J connectivity index is 2.29. The third kappa shape index (κ3) is 2.98. The molecule has 0 amide bonds. The Morgan fingerprint density at radius 1 is 0.944 bits per heavy atom. The van der Waals surface area contributed by atoms with E-state index in [4.69, 9.17) is 4.42 Å². The van der Waals surface area contributed by atoms with Crippen LogP contribution in [0.3, 0.4) is 0 Å². The topological polar surface area (TPSA) is 30.2 Å². The van der Waals surface area contributed by atoms with Gasteiger partial charge in [0.1, 0.15) is 5.76 Å². The average molecular weight is 240 g/mol. The second kappa shape index (κ2) is 5.05. The molecule has 0 N–H and O–H groups in total. The Morgan fingerprint density at radius 2 is 1.72 bits per heavy atom. The first-order valence-electron chi connectivity index (χ1n) is 5.92. The lowest BCUT2D eigenvalue weighted by Crippen LogP contribution is -1.97. The van der Waals surface area contributed by atoms with Crippen molar-refractivity contribution in [2.24, 2.45) is 0 Å². The molecule has 0 aliphatic rings. The van der Waals surface area contributed by atoms with Crippen LogP contribution in [0.5, 0.6) is 0 Å². The van der Waals surface area contributed by atoms with E-state index in [0.717, 1.165) is 11.1 Å². The molecule has 0 saturated heterocycles. The van der Waals surface area contributed by atoms with Crippen LogP contribution < -0.4 is 5.63 Å². The summed E-state index contributed by atoms with van der Waals surface area (Å²) in [7, 11) is 0. The Kier molecular flexibility index (Phi) is 3.47. The molecule has 2 rings (SSSR count). The predicted octanol–water partition coefficient (Wildman–Crippen LogP) is 3.74. The largest absolute Gasteiger partial charge is 0.423 e. The van der Waals surface area contributed by atoms with Gasteiger partial charge in [0.2, 0.25) is 0 Å². The second-order valence-electron chi connectivity index (χ2n) is 4.53. The molecule has 92 valence electrons. The molecule has 0 unspecified atom stereocenters. The summed E-state index contributed by atoms with van der Waals surface area (Å²) in [6.45, 7) is 6.05. The van der Waals surface area contributed by atoms with E-state index in [1.165, 1.54) is 17.2 Å². The lowest BCUT2D eigenvalue weighted by Gasteiger charge is -2.00. The van der Waals surface area contributed by atoms with Gasteiger partial charge in [-0.3, -0.25) is 0 Å². The fourth-order valence-electron chi connectivity index (χ4n) is 1.76. The lowest BCUT2D eigenvalue weighted by molar-refractivity contribution is 0.500. The number of aryl methyl sites for hydroxylation is 3. The van der Waals surface area contributed by atoms with Gasteiger partial charge in [-0.1, -0.05) is 24.3 Å². The number of rotatable bonds is 2. The number of hydrogen-bond acceptors (Lipinski definition) is 2. The van der Waals surface area contributed by atoms with Crippen LogP contribution in [0, 0.1) is 20.8 Å². The minimum absolute atomic E-state index is 0.310. The van der Waals surface area contributed by atoms with Crippen molar-refractivity contribution >= 4 is 12.2 Å². The van der Waals surface area contributed by atoms with E-state index in [1.54, 1.807) is 0 Å². The average Bonchev–Trinajstić information content (AvgIpc) is 2.29. The smallest absolute Gasteiger partial charge is 0.336 e. The molecule has 18 heavy (non-hydrogen) atoms. The summed E-state index contributed by atoms with van der Waals surface area (Å²) in [5, 5.41) is 0. The maximum Gasteiger partial charge on any atom is 0.336 e.